The van der Waals surface area contributed by atoms with Gasteiger partial charge in [-0.3, -0.25) is 4.79 Å². The molecular weight excluding hydrogens is 336 g/mol. The minimum absolute atomic E-state index is 0.00484. The van der Waals surface area contributed by atoms with Gasteiger partial charge in [0.15, 0.2) is 9.84 Å². The lowest BCUT2D eigenvalue weighted by Crippen LogP contribution is -3.12. The molecular formula is C19H31N2O3S+. The Kier molecular flexibility index (Phi) is 7.90. The smallest absolute Gasteiger partial charge is 0.221 e. The Morgan fingerprint density at radius 2 is 1.80 bits per heavy atom. The highest BCUT2D eigenvalue weighted by atomic mass is 32.2. The largest absolute Gasteiger partial charge is 0.350 e. The minimum atomic E-state index is -3.27. The molecule has 1 aromatic carbocycles. The molecule has 0 aliphatic carbocycles. The Balaban J connectivity index is 1.69. The lowest BCUT2D eigenvalue weighted by Gasteiger charge is -2.17. The average molecular weight is 368 g/mol. The summed E-state index contributed by atoms with van der Waals surface area (Å²) in [6.07, 6.45) is 5.20. The van der Waals surface area contributed by atoms with Gasteiger partial charge in [0, 0.05) is 6.42 Å². The van der Waals surface area contributed by atoms with Gasteiger partial charge in [0.1, 0.15) is 0 Å². The first-order valence-corrected chi connectivity index (χ1v) is 11.1. The van der Waals surface area contributed by atoms with Crippen LogP contribution in [0.2, 0.25) is 0 Å². The van der Waals surface area contributed by atoms with E-state index >= 15 is 0 Å². The second kappa shape index (κ2) is 9.92. The lowest BCUT2D eigenvalue weighted by molar-refractivity contribution is -0.898. The van der Waals surface area contributed by atoms with E-state index in [0.29, 0.717) is 6.54 Å². The molecule has 2 rings (SSSR count). The number of rotatable bonds is 8. The number of nitrogens with one attached hydrogen (secondary N) is 2. The van der Waals surface area contributed by atoms with Crippen molar-refractivity contribution in [1.82, 2.24) is 5.32 Å². The standard InChI is InChI=1S/C19H30N2O3S/c1-17-8-4-5-9-18(17)16-25(23,24)15-10-19(22)20-11-14-21-12-6-2-3-7-13-21/h4-5,8-9H,2-3,6-7,10-16H2,1H3,(H,20,22)/p+1. The number of hydrogen-bond donors (Lipinski definition) is 2. The van der Waals surface area contributed by atoms with Crippen LogP contribution in [-0.2, 0) is 20.4 Å². The van der Waals surface area contributed by atoms with Crippen LogP contribution < -0.4 is 10.2 Å². The van der Waals surface area contributed by atoms with Crippen LogP contribution in [0.4, 0.5) is 0 Å². The average Bonchev–Trinajstić information content (AvgIpc) is 2.84. The number of likely N-dealkylation sites (tertiary alicyclic amines) is 1. The summed E-state index contributed by atoms with van der Waals surface area (Å²) in [5.74, 6) is -0.253. The third-order valence-corrected chi connectivity index (χ3v) is 6.47. The van der Waals surface area contributed by atoms with Crippen LogP contribution in [-0.4, -0.2) is 46.3 Å². The Labute approximate surface area is 151 Å². The van der Waals surface area contributed by atoms with Gasteiger partial charge in [0.2, 0.25) is 5.91 Å². The number of carbonyl (C=O) groups excluding carboxylic acids is 1. The molecule has 1 saturated heterocycles. The molecule has 2 N–H and O–H groups in total. The van der Waals surface area contributed by atoms with Crippen LogP contribution in [0.3, 0.4) is 0 Å². The molecule has 1 amide bonds. The number of aryl methyl sites for hydroxylation is 1. The fourth-order valence-electron chi connectivity index (χ4n) is 3.27. The van der Waals surface area contributed by atoms with Crippen molar-refractivity contribution in [3.8, 4) is 0 Å². The highest BCUT2D eigenvalue weighted by Gasteiger charge is 2.16. The van der Waals surface area contributed by atoms with Crippen molar-refractivity contribution in [3.05, 3.63) is 35.4 Å². The van der Waals surface area contributed by atoms with Crippen molar-refractivity contribution in [3.63, 3.8) is 0 Å². The highest BCUT2D eigenvalue weighted by molar-refractivity contribution is 7.90. The topological polar surface area (TPSA) is 67.7 Å². The maximum Gasteiger partial charge on any atom is 0.221 e. The number of amides is 1. The van der Waals surface area contributed by atoms with Crippen molar-refractivity contribution in [2.75, 3.05) is 31.9 Å². The molecule has 0 aromatic heterocycles. The predicted octanol–water partition coefficient (Wildman–Crippen LogP) is 0.875. The van der Waals surface area contributed by atoms with Gasteiger partial charge in [0.05, 0.1) is 37.7 Å². The molecule has 0 unspecified atom stereocenters. The summed E-state index contributed by atoms with van der Waals surface area (Å²) >= 11 is 0. The van der Waals surface area contributed by atoms with E-state index in [2.05, 4.69) is 5.32 Å². The van der Waals surface area contributed by atoms with Crippen molar-refractivity contribution < 1.29 is 18.1 Å². The van der Waals surface area contributed by atoms with E-state index in [1.54, 1.807) is 4.90 Å². The Morgan fingerprint density at radius 3 is 2.48 bits per heavy atom. The molecule has 140 valence electrons. The van der Waals surface area contributed by atoms with Crippen LogP contribution in [0.25, 0.3) is 0 Å². The molecule has 25 heavy (non-hydrogen) atoms. The van der Waals surface area contributed by atoms with E-state index in [0.717, 1.165) is 17.7 Å². The number of quaternary nitrogens is 1. The van der Waals surface area contributed by atoms with Crippen LogP contribution in [0.1, 0.15) is 43.2 Å². The van der Waals surface area contributed by atoms with E-state index in [-0.39, 0.29) is 23.8 Å². The first kappa shape index (κ1) is 19.9. The first-order valence-electron chi connectivity index (χ1n) is 9.31. The van der Waals surface area contributed by atoms with E-state index in [1.807, 2.05) is 31.2 Å². The van der Waals surface area contributed by atoms with Gasteiger partial charge in [-0.1, -0.05) is 24.3 Å². The molecule has 0 bridgehead atoms. The quantitative estimate of drug-likeness (QED) is 0.717. The summed E-state index contributed by atoms with van der Waals surface area (Å²) in [6.45, 7) is 5.83. The predicted molar refractivity (Wildman–Crippen MR) is 100 cm³/mol. The van der Waals surface area contributed by atoms with Crippen LogP contribution in [0.5, 0.6) is 0 Å². The Bertz CT molecular complexity index is 650. The SMILES string of the molecule is Cc1ccccc1CS(=O)(=O)CCC(=O)NCC[NH+]1CCCCCC1. The molecule has 1 aliphatic rings. The molecule has 5 nitrogen and oxygen atoms in total. The zero-order valence-corrected chi connectivity index (χ0v) is 16.0. The van der Waals surface area contributed by atoms with Gasteiger partial charge in [-0.15, -0.1) is 0 Å². The fourth-order valence-corrected chi connectivity index (χ4v) is 4.71. The molecule has 6 heteroatoms. The van der Waals surface area contributed by atoms with Crippen molar-refractivity contribution in [1.29, 1.82) is 0 Å². The normalized spacial score (nSPS) is 16.4. The van der Waals surface area contributed by atoms with Gasteiger partial charge < -0.3 is 10.2 Å². The Morgan fingerprint density at radius 1 is 1.12 bits per heavy atom. The zero-order valence-electron chi connectivity index (χ0n) is 15.2. The third-order valence-electron chi connectivity index (χ3n) is 4.89. The van der Waals surface area contributed by atoms with Gasteiger partial charge >= 0.3 is 0 Å². The summed E-state index contributed by atoms with van der Waals surface area (Å²) in [5, 5.41) is 2.87. The number of benzene rings is 1. The van der Waals surface area contributed by atoms with Crippen molar-refractivity contribution in [2.45, 2.75) is 44.8 Å². The molecule has 1 heterocycles. The molecule has 0 spiro atoms. The Hall–Kier alpha value is -1.40. The summed E-state index contributed by atoms with van der Waals surface area (Å²) in [4.78, 5) is 13.5. The van der Waals surface area contributed by atoms with Gasteiger partial charge in [0.25, 0.3) is 0 Å². The summed E-state index contributed by atoms with van der Waals surface area (Å²) < 4.78 is 24.5. The molecule has 1 aromatic rings. The minimum Gasteiger partial charge on any atom is -0.350 e. The van der Waals surface area contributed by atoms with E-state index in [1.165, 1.54) is 38.8 Å². The summed E-state index contributed by atoms with van der Waals surface area (Å²) in [6, 6.07) is 7.47. The molecule has 0 saturated carbocycles. The monoisotopic (exact) mass is 367 g/mol. The number of sulfone groups is 1. The maximum absolute atomic E-state index is 12.2. The van der Waals surface area contributed by atoms with Gasteiger partial charge in [-0.2, -0.15) is 0 Å². The van der Waals surface area contributed by atoms with Crippen molar-refractivity contribution >= 4 is 15.7 Å². The first-order chi connectivity index (χ1) is 12.0. The van der Waals surface area contributed by atoms with E-state index in [9.17, 15) is 13.2 Å². The van der Waals surface area contributed by atoms with Crippen LogP contribution in [0.15, 0.2) is 24.3 Å². The second-order valence-electron chi connectivity index (χ2n) is 7.03. The van der Waals surface area contributed by atoms with Crippen LogP contribution >= 0.6 is 0 Å². The molecule has 1 fully saturated rings. The fraction of sp³-hybridized carbons (Fsp3) is 0.632. The second-order valence-corrected chi connectivity index (χ2v) is 9.22. The van der Waals surface area contributed by atoms with Gasteiger partial charge in [-0.05, 0) is 43.7 Å². The van der Waals surface area contributed by atoms with Crippen molar-refractivity contribution in [2.24, 2.45) is 0 Å². The lowest BCUT2D eigenvalue weighted by atomic mass is 10.1. The highest BCUT2D eigenvalue weighted by Crippen LogP contribution is 2.12. The van der Waals surface area contributed by atoms with Crippen LogP contribution in [0, 0.1) is 6.92 Å². The summed E-state index contributed by atoms with van der Waals surface area (Å²) in [7, 11) is -3.27. The van der Waals surface area contributed by atoms with Gasteiger partial charge in [-0.25, -0.2) is 8.42 Å². The maximum atomic E-state index is 12.2. The molecule has 0 atom stereocenters. The molecule has 1 aliphatic heterocycles. The molecule has 0 radical (unpaired) electrons. The number of carbonyl (C=O) groups is 1. The number of hydrogen-bond acceptors (Lipinski definition) is 3. The summed E-state index contributed by atoms with van der Waals surface area (Å²) in [5.41, 5.74) is 1.78. The zero-order chi connectivity index (χ0) is 18.1. The van der Waals surface area contributed by atoms with E-state index < -0.39 is 9.84 Å². The third kappa shape index (κ3) is 7.57. The van der Waals surface area contributed by atoms with E-state index in [4.69, 9.17) is 0 Å².